The van der Waals surface area contributed by atoms with Gasteiger partial charge in [0.2, 0.25) is 0 Å². The van der Waals surface area contributed by atoms with Gasteiger partial charge in [-0.2, -0.15) is 0 Å². The van der Waals surface area contributed by atoms with E-state index in [1.807, 2.05) is 55.5 Å². The number of hydrogen-bond acceptors (Lipinski definition) is 1. The third-order valence-electron chi connectivity index (χ3n) is 2.19. The molecular weight excluding hydrogens is 194 g/mol. The van der Waals surface area contributed by atoms with E-state index in [1.54, 1.807) is 6.08 Å². The molecule has 0 radical (unpaired) electrons. The second-order valence-electron chi connectivity index (χ2n) is 3.56. The normalized spacial score (nSPS) is 11.1. The zero-order chi connectivity index (χ0) is 11.8. The Bertz CT molecular complexity index is 410. The van der Waals surface area contributed by atoms with Crippen LogP contribution < -0.4 is 0 Å². The average molecular weight is 211 g/mol. The van der Waals surface area contributed by atoms with Crippen LogP contribution in [0.4, 0.5) is 0 Å². The van der Waals surface area contributed by atoms with Gasteiger partial charge in [-0.25, -0.2) is 0 Å². The highest BCUT2D eigenvalue weighted by atomic mass is 14.4. The van der Waals surface area contributed by atoms with Gasteiger partial charge in [-0.15, -0.1) is 0 Å². The predicted molar refractivity (Wildman–Crippen MR) is 71.8 cm³/mol. The molecule has 0 aliphatic rings. The van der Waals surface area contributed by atoms with Crippen LogP contribution in [0.3, 0.4) is 0 Å². The van der Waals surface area contributed by atoms with Crippen molar-refractivity contribution in [2.45, 2.75) is 13.3 Å². The first kappa shape index (κ1) is 12.2. The molecule has 0 bridgehead atoms. The molecule has 0 spiro atoms. The molecule has 82 valence electrons. The number of allylic oxidation sites excluding steroid dienone is 5. The van der Waals surface area contributed by atoms with E-state index >= 15 is 0 Å². The first-order valence-electron chi connectivity index (χ1n) is 5.34. The van der Waals surface area contributed by atoms with E-state index in [-0.39, 0.29) is 0 Å². The van der Waals surface area contributed by atoms with Crippen LogP contribution in [0.1, 0.15) is 18.9 Å². The minimum Gasteiger partial charge on any atom is -0.305 e. The van der Waals surface area contributed by atoms with Crippen LogP contribution in [0.2, 0.25) is 0 Å². The summed E-state index contributed by atoms with van der Waals surface area (Å²) >= 11 is 0. The molecule has 0 saturated heterocycles. The van der Waals surface area contributed by atoms with Gasteiger partial charge in [-0.3, -0.25) is 0 Å². The molecule has 16 heavy (non-hydrogen) atoms. The lowest BCUT2D eigenvalue weighted by Gasteiger charge is -2.04. The van der Waals surface area contributed by atoms with Gasteiger partial charge in [0.25, 0.3) is 0 Å². The van der Waals surface area contributed by atoms with Crippen molar-refractivity contribution in [3.8, 4) is 0 Å². The largest absolute Gasteiger partial charge is 0.305 e. The quantitative estimate of drug-likeness (QED) is 0.556. The summed E-state index contributed by atoms with van der Waals surface area (Å²) in [5.74, 6) is 0. The van der Waals surface area contributed by atoms with E-state index < -0.39 is 0 Å². The Morgan fingerprint density at radius 3 is 2.56 bits per heavy atom. The van der Waals surface area contributed by atoms with Crippen molar-refractivity contribution < 1.29 is 0 Å². The van der Waals surface area contributed by atoms with Gasteiger partial charge >= 0.3 is 0 Å². The van der Waals surface area contributed by atoms with Crippen LogP contribution in [0.25, 0.3) is 5.57 Å². The maximum absolute atomic E-state index is 7.77. The lowest BCUT2D eigenvalue weighted by molar-refractivity contribution is 1.39. The minimum atomic E-state index is 0.576. The molecule has 1 heteroatoms. The van der Waals surface area contributed by atoms with Crippen molar-refractivity contribution in [1.82, 2.24) is 0 Å². The predicted octanol–water partition coefficient (Wildman–Crippen LogP) is 4.24. The molecule has 0 aliphatic heterocycles. The number of hydrogen-bond donors (Lipinski definition) is 1. The molecule has 0 aromatic heterocycles. The summed E-state index contributed by atoms with van der Waals surface area (Å²) in [6.07, 6.45) is 8.13. The number of benzene rings is 1. The van der Waals surface area contributed by atoms with Gasteiger partial charge in [0, 0.05) is 12.1 Å². The maximum Gasteiger partial charge on any atom is 0.0357 e. The second-order valence-corrected chi connectivity index (χ2v) is 3.56. The van der Waals surface area contributed by atoms with Crippen molar-refractivity contribution in [2.75, 3.05) is 0 Å². The Morgan fingerprint density at radius 2 is 1.94 bits per heavy atom. The van der Waals surface area contributed by atoms with Crippen LogP contribution in [-0.2, 0) is 0 Å². The fourth-order valence-electron chi connectivity index (χ4n) is 1.35. The minimum absolute atomic E-state index is 0.576. The molecule has 1 aromatic carbocycles. The lowest BCUT2D eigenvalue weighted by atomic mass is 10.0. The maximum atomic E-state index is 7.77. The van der Waals surface area contributed by atoms with Gasteiger partial charge in [0.15, 0.2) is 0 Å². The fourth-order valence-corrected chi connectivity index (χ4v) is 1.35. The van der Waals surface area contributed by atoms with Gasteiger partial charge in [-0.1, -0.05) is 55.1 Å². The third-order valence-corrected chi connectivity index (χ3v) is 2.19. The molecule has 0 atom stereocenters. The summed E-state index contributed by atoms with van der Waals surface area (Å²) in [5, 5.41) is 7.77. The van der Waals surface area contributed by atoms with Crippen LogP contribution in [0.5, 0.6) is 0 Å². The zero-order valence-corrected chi connectivity index (χ0v) is 9.61. The highest BCUT2D eigenvalue weighted by Crippen LogP contribution is 2.15. The molecule has 0 fully saturated rings. The second kappa shape index (κ2) is 6.57. The van der Waals surface area contributed by atoms with Crippen molar-refractivity contribution in [2.24, 2.45) is 0 Å². The smallest absolute Gasteiger partial charge is 0.0357 e. The molecule has 0 amide bonds. The third kappa shape index (κ3) is 4.09. The summed E-state index contributed by atoms with van der Waals surface area (Å²) in [5.41, 5.74) is 2.66. The summed E-state index contributed by atoms with van der Waals surface area (Å²) in [4.78, 5) is 0. The molecule has 0 aliphatic carbocycles. The van der Waals surface area contributed by atoms with Gasteiger partial charge < -0.3 is 5.41 Å². The van der Waals surface area contributed by atoms with E-state index in [0.29, 0.717) is 12.1 Å². The van der Waals surface area contributed by atoms with Crippen molar-refractivity contribution in [1.29, 1.82) is 5.41 Å². The molecular formula is C15H17N. The Morgan fingerprint density at radius 1 is 1.25 bits per heavy atom. The fraction of sp³-hybridized carbons (Fsp3) is 0.133. The Hall–Kier alpha value is -1.89. The first-order valence-corrected chi connectivity index (χ1v) is 5.34. The zero-order valence-electron chi connectivity index (χ0n) is 9.61. The molecule has 1 N–H and O–H groups in total. The Balaban J connectivity index is 2.56. The first-order chi connectivity index (χ1) is 7.74. The molecule has 0 heterocycles. The summed E-state index contributed by atoms with van der Waals surface area (Å²) in [6, 6.07) is 9.99. The van der Waals surface area contributed by atoms with E-state index in [2.05, 4.69) is 6.58 Å². The van der Waals surface area contributed by atoms with Crippen LogP contribution in [-0.4, -0.2) is 5.71 Å². The van der Waals surface area contributed by atoms with E-state index in [1.165, 1.54) is 0 Å². The lowest BCUT2D eigenvalue weighted by Crippen LogP contribution is -1.93. The average Bonchev–Trinajstić information content (AvgIpc) is 2.30. The summed E-state index contributed by atoms with van der Waals surface area (Å²) in [7, 11) is 0. The molecule has 1 aromatic rings. The highest BCUT2D eigenvalue weighted by Gasteiger charge is 1.99. The Kier molecular flexibility index (Phi) is 5.00. The topological polar surface area (TPSA) is 23.9 Å². The van der Waals surface area contributed by atoms with E-state index in [0.717, 1.165) is 11.1 Å². The van der Waals surface area contributed by atoms with Gasteiger partial charge in [0.1, 0.15) is 0 Å². The van der Waals surface area contributed by atoms with E-state index in [4.69, 9.17) is 5.41 Å². The van der Waals surface area contributed by atoms with Crippen molar-refractivity contribution in [3.63, 3.8) is 0 Å². The van der Waals surface area contributed by atoms with Crippen LogP contribution in [0.15, 0.2) is 61.2 Å². The molecule has 1 rings (SSSR count). The van der Waals surface area contributed by atoms with Gasteiger partial charge in [-0.05, 0) is 24.1 Å². The van der Waals surface area contributed by atoms with Crippen molar-refractivity contribution >= 4 is 11.3 Å². The van der Waals surface area contributed by atoms with Gasteiger partial charge in [0.05, 0.1) is 0 Å². The summed E-state index contributed by atoms with van der Waals surface area (Å²) in [6.45, 7) is 5.96. The Labute approximate surface area is 97.3 Å². The number of nitrogens with one attached hydrogen (secondary N) is 1. The van der Waals surface area contributed by atoms with Crippen LogP contribution in [0, 0.1) is 5.41 Å². The van der Waals surface area contributed by atoms with Crippen molar-refractivity contribution in [3.05, 3.63) is 66.8 Å². The standard InChI is InChI=1S/C15H17N/c1-3-4-6-11-15(16)12-13(2)14-9-7-5-8-10-14/h3-11,16H,2,12H2,1H3/b4-3-,11-6-,16-15?. The molecule has 1 nitrogen and oxygen atoms in total. The monoisotopic (exact) mass is 211 g/mol. The molecule has 0 unspecified atom stereocenters. The molecule has 0 saturated carbocycles. The summed E-state index contributed by atoms with van der Waals surface area (Å²) < 4.78 is 0. The van der Waals surface area contributed by atoms with E-state index in [9.17, 15) is 0 Å². The SMILES string of the molecule is C=C(CC(=N)/C=C\C=C/C)c1ccccc1. The van der Waals surface area contributed by atoms with Crippen LogP contribution >= 0.6 is 0 Å². The number of rotatable bonds is 5. The highest BCUT2D eigenvalue weighted by molar-refractivity contribution is 5.99.